The fourth-order valence-corrected chi connectivity index (χ4v) is 3.36. The number of aliphatic hydroxyl groups is 1. The Balaban J connectivity index is 1.76. The molecule has 0 radical (unpaired) electrons. The number of fused-ring (bicyclic) bond motifs is 2. The molecule has 2 aliphatic rings. The summed E-state index contributed by atoms with van der Waals surface area (Å²) in [5.74, 6) is 0.524. The van der Waals surface area contributed by atoms with Gasteiger partial charge in [-0.05, 0) is 31.2 Å². The molecule has 1 aromatic carbocycles. The van der Waals surface area contributed by atoms with Gasteiger partial charge in [0.15, 0.2) is 0 Å². The van der Waals surface area contributed by atoms with Crippen molar-refractivity contribution >= 4 is 0 Å². The van der Waals surface area contributed by atoms with Gasteiger partial charge in [-0.15, -0.1) is 0 Å². The molecule has 1 aromatic rings. The zero-order chi connectivity index (χ0) is 11.1. The fourth-order valence-electron chi connectivity index (χ4n) is 3.36. The van der Waals surface area contributed by atoms with Gasteiger partial charge in [-0.1, -0.05) is 30.3 Å². The Morgan fingerprint density at radius 1 is 1.25 bits per heavy atom. The maximum atomic E-state index is 9.76. The first-order valence-electron chi connectivity index (χ1n) is 6.24. The molecule has 1 saturated carbocycles. The molecule has 1 aliphatic carbocycles. The standard InChI is InChI=1S/C14H19NO/c1-10(11-5-3-2-4-6-11)15-9-12-7-13(15)8-14(12)16/h2-6,10,12-14,16H,7-9H2,1H3/t10?,12?,13?,14-/m1/s1. The SMILES string of the molecule is CC(c1ccccc1)N1CC2CC1C[C@H]2O. The zero-order valence-electron chi connectivity index (χ0n) is 9.71. The number of piperidine rings is 1. The van der Waals surface area contributed by atoms with Gasteiger partial charge >= 0.3 is 0 Å². The third-order valence-corrected chi connectivity index (χ3v) is 4.33. The average molecular weight is 217 g/mol. The van der Waals surface area contributed by atoms with E-state index in [1.54, 1.807) is 0 Å². The average Bonchev–Trinajstić information content (AvgIpc) is 2.88. The summed E-state index contributed by atoms with van der Waals surface area (Å²) < 4.78 is 0. The first-order chi connectivity index (χ1) is 7.75. The predicted octanol–water partition coefficient (Wildman–Crippen LogP) is 2.20. The van der Waals surface area contributed by atoms with Crippen LogP contribution < -0.4 is 0 Å². The van der Waals surface area contributed by atoms with E-state index in [-0.39, 0.29) is 6.10 Å². The number of nitrogens with zero attached hydrogens (tertiary/aromatic N) is 1. The van der Waals surface area contributed by atoms with Crippen molar-refractivity contribution < 1.29 is 5.11 Å². The van der Waals surface area contributed by atoms with E-state index in [4.69, 9.17) is 0 Å². The van der Waals surface area contributed by atoms with E-state index in [9.17, 15) is 5.11 Å². The summed E-state index contributed by atoms with van der Waals surface area (Å²) in [6.07, 6.45) is 2.13. The molecule has 1 aliphatic heterocycles. The second kappa shape index (κ2) is 3.86. The van der Waals surface area contributed by atoms with Gasteiger partial charge in [-0.2, -0.15) is 0 Å². The molecule has 4 atom stereocenters. The quantitative estimate of drug-likeness (QED) is 0.821. The lowest BCUT2D eigenvalue weighted by Crippen LogP contribution is -2.39. The molecule has 2 heteroatoms. The number of aliphatic hydroxyl groups excluding tert-OH is 1. The van der Waals surface area contributed by atoms with Crippen LogP contribution in [0.3, 0.4) is 0 Å². The third kappa shape index (κ3) is 1.57. The van der Waals surface area contributed by atoms with Gasteiger partial charge in [0.2, 0.25) is 0 Å². The molecule has 3 rings (SSSR count). The lowest BCUT2D eigenvalue weighted by molar-refractivity contribution is 0.0573. The van der Waals surface area contributed by atoms with Crippen molar-refractivity contribution in [3.63, 3.8) is 0 Å². The minimum atomic E-state index is -0.0378. The minimum Gasteiger partial charge on any atom is -0.393 e. The van der Waals surface area contributed by atoms with Crippen molar-refractivity contribution in [1.82, 2.24) is 4.90 Å². The molecular weight excluding hydrogens is 198 g/mol. The topological polar surface area (TPSA) is 23.5 Å². The monoisotopic (exact) mass is 217 g/mol. The van der Waals surface area contributed by atoms with Crippen molar-refractivity contribution in [2.75, 3.05) is 6.54 Å². The molecule has 1 heterocycles. The highest BCUT2D eigenvalue weighted by atomic mass is 16.3. The van der Waals surface area contributed by atoms with Crippen LogP contribution in [0.1, 0.15) is 31.4 Å². The molecule has 0 spiro atoms. The van der Waals surface area contributed by atoms with E-state index >= 15 is 0 Å². The Labute approximate surface area is 96.9 Å². The van der Waals surface area contributed by atoms with Gasteiger partial charge < -0.3 is 5.11 Å². The Morgan fingerprint density at radius 3 is 2.56 bits per heavy atom. The normalized spacial score (nSPS) is 35.5. The van der Waals surface area contributed by atoms with Gasteiger partial charge in [0.1, 0.15) is 0 Å². The largest absolute Gasteiger partial charge is 0.393 e. The predicted molar refractivity (Wildman–Crippen MR) is 64.1 cm³/mol. The van der Waals surface area contributed by atoms with Crippen molar-refractivity contribution in [2.24, 2.45) is 5.92 Å². The molecule has 2 bridgehead atoms. The van der Waals surface area contributed by atoms with Crippen LogP contribution in [0.25, 0.3) is 0 Å². The Kier molecular flexibility index (Phi) is 2.49. The number of benzene rings is 1. The van der Waals surface area contributed by atoms with Crippen LogP contribution in [0.5, 0.6) is 0 Å². The molecule has 2 nitrogen and oxygen atoms in total. The number of hydrogen-bond donors (Lipinski definition) is 1. The van der Waals surface area contributed by atoms with E-state index in [0.29, 0.717) is 18.0 Å². The molecule has 86 valence electrons. The Bertz CT molecular complexity index is 362. The number of likely N-dealkylation sites (tertiary alicyclic amines) is 1. The smallest absolute Gasteiger partial charge is 0.0596 e. The van der Waals surface area contributed by atoms with Gasteiger partial charge in [-0.3, -0.25) is 4.90 Å². The van der Waals surface area contributed by atoms with E-state index in [1.807, 2.05) is 0 Å². The van der Waals surface area contributed by atoms with E-state index in [1.165, 1.54) is 12.0 Å². The van der Waals surface area contributed by atoms with Crippen LogP contribution in [0.4, 0.5) is 0 Å². The van der Waals surface area contributed by atoms with Crippen LogP contribution >= 0.6 is 0 Å². The number of rotatable bonds is 2. The number of hydrogen-bond acceptors (Lipinski definition) is 2. The molecule has 0 aromatic heterocycles. The van der Waals surface area contributed by atoms with Gasteiger partial charge in [-0.25, -0.2) is 0 Å². The van der Waals surface area contributed by atoms with Gasteiger partial charge in [0.25, 0.3) is 0 Å². The van der Waals surface area contributed by atoms with Crippen molar-refractivity contribution in [3.05, 3.63) is 35.9 Å². The van der Waals surface area contributed by atoms with Crippen LogP contribution in [-0.2, 0) is 0 Å². The summed E-state index contributed by atoms with van der Waals surface area (Å²) in [6.45, 7) is 3.35. The highest BCUT2D eigenvalue weighted by Crippen LogP contribution is 2.41. The molecule has 1 N–H and O–H groups in total. The van der Waals surface area contributed by atoms with Crippen molar-refractivity contribution in [3.8, 4) is 0 Å². The molecular formula is C14H19NO. The highest BCUT2D eigenvalue weighted by molar-refractivity contribution is 5.19. The van der Waals surface area contributed by atoms with E-state index < -0.39 is 0 Å². The third-order valence-electron chi connectivity index (χ3n) is 4.33. The maximum absolute atomic E-state index is 9.76. The summed E-state index contributed by atoms with van der Waals surface area (Å²) in [4.78, 5) is 2.56. The second-order valence-corrected chi connectivity index (χ2v) is 5.24. The summed E-state index contributed by atoms with van der Waals surface area (Å²) in [7, 11) is 0. The van der Waals surface area contributed by atoms with Crippen LogP contribution in [-0.4, -0.2) is 28.7 Å². The lowest BCUT2D eigenvalue weighted by Gasteiger charge is -2.34. The lowest BCUT2D eigenvalue weighted by atomic mass is 10.0. The van der Waals surface area contributed by atoms with Gasteiger partial charge in [0, 0.05) is 18.6 Å². The van der Waals surface area contributed by atoms with Crippen LogP contribution in [0.15, 0.2) is 30.3 Å². The molecule has 1 saturated heterocycles. The molecule has 2 fully saturated rings. The highest BCUT2D eigenvalue weighted by Gasteiger charge is 2.45. The molecule has 0 amide bonds. The van der Waals surface area contributed by atoms with Crippen LogP contribution in [0.2, 0.25) is 0 Å². The second-order valence-electron chi connectivity index (χ2n) is 5.24. The van der Waals surface area contributed by atoms with E-state index in [2.05, 4.69) is 42.2 Å². The first-order valence-corrected chi connectivity index (χ1v) is 6.24. The maximum Gasteiger partial charge on any atom is 0.0596 e. The van der Waals surface area contributed by atoms with Crippen molar-refractivity contribution in [1.29, 1.82) is 0 Å². The summed E-state index contributed by atoms with van der Waals surface area (Å²) in [5, 5.41) is 9.76. The van der Waals surface area contributed by atoms with Gasteiger partial charge in [0.05, 0.1) is 6.10 Å². The van der Waals surface area contributed by atoms with E-state index in [0.717, 1.165) is 13.0 Å². The Morgan fingerprint density at radius 2 is 2.00 bits per heavy atom. The summed E-state index contributed by atoms with van der Waals surface area (Å²) >= 11 is 0. The fraction of sp³-hybridized carbons (Fsp3) is 0.571. The molecule has 3 unspecified atom stereocenters. The van der Waals surface area contributed by atoms with Crippen molar-refractivity contribution in [2.45, 2.75) is 38.0 Å². The summed E-state index contributed by atoms with van der Waals surface area (Å²) in [6, 6.07) is 11.8. The zero-order valence-corrected chi connectivity index (χ0v) is 9.71. The Hall–Kier alpha value is -0.860. The van der Waals surface area contributed by atoms with Crippen LogP contribution in [0, 0.1) is 5.92 Å². The molecule has 16 heavy (non-hydrogen) atoms. The summed E-state index contributed by atoms with van der Waals surface area (Å²) in [5.41, 5.74) is 1.39. The minimum absolute atomic E-state index is 0.0378. The first kappa shape index (κ1) is 10.3.